The standard InChI is InChI=1S/C41H38N4O7/c46-35-19-17-33(34-18-20-37(48)44-39(34)35)36(47)24-42-22-26-9-11-27(12-10-26)23-43-40(49)30-15-13-28(14-16-30)25-52-32-8-4-7-31(21-32)38(45-41(50)51)29-5-2-1-3-6-29/h1-21,36,38,42,45-47H,22-25H2,(H,43,49)(H,44,48)(H,50,51). The minimum Gasteiger partial charge on any atom is -0.506 e. The lowest BCUT2D eigenvalue weighted by molar-refractivity contribution is 0.0950. The van der Waals surface area contributed by atoms with E-state index in [2.05, 4.69) is 20.9 Å². The Labute approximate surface area is 299 Å². The first-order valence-electron chi connectivity index (χ1n) is 16.7. The van der Waals surface area contributed by atoms with Gasteiger partial charge in [-0.1, -0.05) is 84.9 Å². The van der Waals surface area contributed by atoms with Crippen molar-refractivity contribution < 1.29 is 29.6 Å². The molecule has 0 spiro atoms. The van der Waals surface area contributed by atoms with Crippen LogP contribution in [-0.2, 0) is 19.7 Å². The van der Waals surface area contributed by atoms with Crippen molar-refractivity contribution >= 4 is 22.9 Å². The number of ether oxygens (including phenoxy) is 1. The maximum atomic E-state index is 12.9. The Morgan fingerprint density at radius 2 is 1.44 bits per heavy atom. The molecule has 1 heterocycles. The second-order valence-electron chi connectivity index (χ2n) is 12.3. The Kier molecular flexibility index (Phi) is 11.2. The van der Waals surface area contributed by atoms with Crippen molar-refractivity contribution in [1.82, 2.24) is 20.9 Å². The van der Waals surface area contributed by atoms with Gasteiger partial charge in [-0.3, -0.25) is 9.59 Å². The zero-order valence-electron chi connectivity index (χ0n) is 28.1. The molecule has 0 saturated carbocycles. The molecule has 264 valence electrons. The summed E-state index contributed by atoms with van der Waals surface area (Å²) in [6.07, 6.45) is -1.98. The van der Waals surface area contributed by atoms with Gasteiger partial charge in [-0.25, -0.2) is 4.79 Å². The summed E-state index contributed by atoms with van der Waals surface area (Å²) in [4.78, 5) is 38.6. The number of nitrogens with one attached hydrogen (secondary N) is 4. The van der Waals surface area contributed by atoms with E-state index in [-0.39, 0.29) is 30.4 Å². The summed E-state index contributed by atoms with van der Waals surface area (Å²) in [7, 11) is 0. The van der Waals surface area contributed by atoms with Gasteiger partial charge in [0.25, 0.3) is 5.91 Å². The number of amides is 2. The molecule has 0 radical (unpaired) electrons. The fourth-order valence-electron chi connectivity index (χ4n) is 5.90. The number of phenolic OH excluding ortho intramolecular Hbond substituents is 1. The topological polar surface area (TPSA) is 173 Å². The third kappa shape index (κ3) is 9.02. The van der Waals surface area contributed by atoms with E-state index in [0.717, 1.165) is 27.8 Å². The molecule has 1 aromatic heterocycles. The third-order valence-electron chi connectivity index (χ3n) is 8.62. The molecule has 2 amide bonds. The predicted molar refractivity (Wildman–Crippen MR) is 197 cm³/mol. The van der Waals surface area contributed by atoms with Crippen LogP contribution in [0, 0.1) is 0 Å². The third-order valence-corrected chi connectivity index (χ3v) is 8.62. The van der Waals surface area contributed by atoms with Crippen LogP contribution in [-0.4, -0.2) is 38.8 Å². The molecule has 0 bridgehead atoms. The second-order valence-corrected chi connectivity index (χ2v) is 12.3. The van der Waals surface area contributed by atoms with Gasteiger partial charge in [-0.2, -0.15) is 0 Å². The zero-order valence-corrected chi connectivity index (χ0v) is 28.1. The highest BCUT2D eigenvalue weighted by molar-refractivity contribution is 5.94. The van der Waals surface area contributed by atoms with Crippen LogP contribution in [0.5, 0.6) is 11.5 Å². The number of H-pyrrole nitrogens is 1. The molecule has 6 rings (SSSR count). The number of rotatable bonds is 14. The highest BCUT2D eigenvalue weighted by atomic mass is 16.5. The summed E-state index contributed by atoms with van der Waals surface area (Å²) in [5.41, 5.74) is 5.44. The molecule has 52 heavy (non-hydrogen) atoms. The molecule has 5 aromatic carbocycles. The number of aliphatic hydroxyl groups is 1. The molecule has 7 N–H and O–H groups in total. The first-order valence-corrected chi connectivity index (χ1v) is 16.7. The number of hydrogen-bond donors (Lipinski definition) is 7. The van der Waals surface area contributed by atoms with E-state index >= 15 is 0 Å². The quantitative estimate of drug-likeness (QED) is 0.0734. The van der Waals surface area contributed by atoms with Crippen molar-refractivity contribution in [1.29, 1.82) is 0 Å². The number of hydrogen-bond acceptors (Lipinski definition) is 7. The Morgan fingerprint density at radius 3 is 2.17 bits per heavy atom. The molecule has 11 heteroatoms. The molecule has 0 aliphatic carbocycles. The largest absolute Gasteiger partial charge is 0.506 e. The summed E-state index contributed by atoms with van der Waals surface area (Å²) in [5.74, 6) is 0.331. The van der Waals surface area contributed by atoms with Crippen LogP contribution in [0.1, 0.15) is 55.9 Å². The Balaban J connectivity index is 0.960. The average Bonchev–Trinajstić information content (AvgIpc) is 3.16. The molecule has 2 atom stereocenters. The van der Waals surface area contributed by atoms with Crippen LogP contribution in [0.15, 0.2) is 132 Å². The molecular formula is C41H38N4O7. The maximum absolute atomic E-state index is 12.9. The number of carbonyl (C=O) groups is 2. The summed E-state index contributed by atoms with van der Waals surface area (Å²) in [6.45, 7) is 1.39. The fourth-order valence-corrected chi connectivity index (χ4v) is 5.90. The smallest absolute Gasteiger partial charge is 0.405 e. The molecule has 0 aliphatic rings. The number of aromatic nitrogens is 1. The summed E-state index contributed by atoms with van der Waals surface area (Å²) in [6, 6.07) is 37.1. The average molecular weight is 699 g/mol. The summed E-state index contributed by atoms with van der Waals surface area (Å²) < 4.78 is 6.01. The number of benzene rings is 5. The highest BCUT2D eigenvalue weighted by Gasteiger charge is 2.17. The lowest BCUT2D eigenvalue weighted by Crippen LogP contribution is -2.27. The Hall–Kier alpha value is -6.43. The summed E-state index contributed by atoms with van der Waals surface area (Å²) >= 11 is 0. The number of aromatic amines is 1. The van der Waals surface area contributed by atoms with Gasteiger partial charge in [-0.15, -0.1) is 0 Å². The summed E-state index contributed by atoms with van der Waals surface area (Å²) in [5, 5.41) is 39.6. The minimum absolute atomic E-state index is 0.0559. The van der Waals surface area contributed by atoms with Crippen LogP contribution in [0.2, 0.25) is 0 Å². The minimum atomic E-state index is -1.12. The SMILES string of the molecule is O=C(O)NC(c1ccccc1)c1cccc(OCc2ccc(C(=O)NCc3ccc(CNCC(O)c4ccc(O)c5[nH]c(=O)ccc45)cc3)cc2)c1. The van der Waals surface area contributed by atoms with Gasteiger partial charge in [0.1, 0.15) is 18.1 Å². The van der Waals surface area contributed by atoms with Gasteiger partial charge in [0.05, 0.1) is 17.7 Å². The van der Waals surface area contributed by atoms with E-state index in [1.807, 2.05) is 91.0 Å². The van der Waals surface area contributed by atoms with Crippen LogP contribution in [0.25, 0.3) is 10.9 Å². The van der Waals surface area contributed by atoms with E-state index in [1.54, 1.807) is 24.3 Å². The molecule has 6 aromatic rings. The Morgan fingerprint density at radius 1 is 0.750 bits per heavy atom. The van der Waals surface area contributed by atoms with Crippen molar-refractivity contribution in [2.45, 2.75) is 31.8 Å². The first kappa shape index (κ1) is 35.4. The normalized spacial score (nSPS) is 12.2. The van der Waals surface area contributed by atoms with Crippen molar-refractivity contribution in [3.05, 3.63) is 177 Å². The molecule has 0 fully saturated rings. The lowest BCUT2D eigenvalue weighted by Gasteiger charge is -2.19. The molecule has 0 aliphatic heterocycles. The molecular weight excluding hydrogens is 660 g/mol. The van der Waals surface area contributed by atoms with E-state index in [4.69, 9.17) is 4.74 Å². The number of aliphatic hydroxyl groups excluding tert-OH is 1. The molecule has 2 unspecified atom stereocenters. The molecule has 11 nitrogen and oxygen atoms in total. The number of phenols is 1. The van der Waals surface area contributed by atoms with Crippen molar-refractivity contribution in [3.8, 4) is 11.5 Å². The number of aromatic hydroxyl groups is 1. The fraction of sp³-hybridized carbons (Fsp3) is 0.146. The van der Waals surface area contributed by atoms with Gasteiger partial charge >= 0.3 is 6.09 Å². The highest BCUT2D eigenvalue weighted by Crippen LogP contribution is 2.29. The second kappa shape index (κ2) is 16.5. The van der Waals surface area contributed by atoms with Gasteiger partial charge in [-0.05, 0) is 69.8 Å². The van der Waals surface area contributed by atoms with Crippen LogP contribution in [0.3, 0.4) is 0 Å². The van der Waals surface area contributed by atoms with Crippen LogP contribution < -0.4 is 26.2 Å². The maximum Gasteiger partial charge on any atom is 0.405 e. The lowest BCUT2D eigenvalue weighted by atomic mass is 9.98. The number of carboxylic acid groups (broad SMARTS) is 1. The predicted octanol–water partition coefficient (Wildman–Crippen LogP) is 5.92. The zero-order chi connectivity index (χ0) is 36.5. The monoisotopic (exact) mass is 698 g/mol. The van der Waals surface area contributed by atoms with Crippen molar-refractivity contribution in [3.63, 3.8) is 0 Å². The van der Waals surface area contributed by atoms with Gasteiger partial charge < -0.3 is 41.0 Å². The number of carbonyl (C=O) groups excluding carboxylic acids is 1. The van der Waals surface area contributed by atoms with E-state index in [9.17, 15) is 29.7 Å². The van der Waals surface area contributed by atoms with E-state index < -0.39 is 18.2 Å². The van der Waals surface area contributed by atoms with Crippen LogP contribution in [0.4, 0.5) is 4.79 Å². The van der Waals surface area contributed by atoms with Gasteiger partial charge in [0.2, 0.25) is 5.56 Å². The number of fused-ring (bicyclic) bond motifs is 1. The van der Waals surface area contributed by atoms with E-state index in [0.29, 0.717) is 40.9 Å². The van der Waals surface area contributed by atoms with Crippen molar-refractivity contribution in [2.24, 2.45) is 0 Å². The van der Waals surface area contributed by atoms with E-state index in [1.165, 1.54) is 12.1 Å². The Bertz CT molecular complexity index is 2200. The molecule has 0 saturated heterocycles. The van der Waals surface area contributed by atoms with Gasteiger partial charge in [0.15, 0.2) is 0 Å². The first-order chi connectivity index (χ1) is 25.2. The number of pyridine rings is 1. The van der Waals surface area contributed by atoms with Gasteiger partial charge in [0, 0.05) is 36.7 Å². The van der Waals surface area contributed by atoms with Crippen LogP contribution >= 0.6 is 0 Å². The van der Waals surface area contributed by atoms with Crippen molar-refractivity contribution in [2.75, 3.05) is 6.54 Å².